The van der Waals surface area contributed by atoms with Crippen molar-refractivity contribution in [3.8, 4) is 0 Å². The highest BCUT2D eigenvalue weighted by molar-refractivity contribution is 5.47. The van der Waals surface area contributed by atoms with Crippen molar-refractivity contribution in [2.24, 2.45) is 0 Å². The monoisotopic (exact) mass is 306 g/mol. The van der Waals surface area contributed by atoms with Crippen molar-refractivity contribution in [2.45, 2.75) is 89.9 Å². The third kappa shape index (κ3) is 9.64. The Morgan fingerprint density at radius 1 is 0.636 bits per heavy atom. The molecule has 126 valence electrons. The summed E-state index contributed by atoms with van der Waals surface area (Å²) in [6.07, 6.45) is 22.6. The molecule has 0 N–H and O–H groups in total. The van der Waals surface area contributed by atoms with Crippen molar-refractivity contribution in [3.63, 3.8) is 0 Å². The Morgan fingerprint density at radius 3 is 1.36 bits per heavy atom. The second-order valence-corrected chi connectivity index (χ2v) is 6.32. The van der Waals surface area contributed by atoms with Gasteiger partial charge in [-0.25, -0.2) is 0 Å². The van der Waals surface area contributed by atoms with Crippen LogP contribution in [0, 0.1) is 0 Å². The first kappa shape index (κ1) is 18.8. The van der Waals surface area contributed by atoms with Crippen LogP contribution in [0.3, 0.4) is 0 Å². The molecular weight excluding hydrogens is 276 g/mol. The van der Waals surface area contributed by atoms with E-state index >= 15 is 0 Å². The third-order valence-electron chi connectivity index (χ3n) is 4.49. The molecule has 0 fully saturated rings. The summed E-state index contributed by atoms with van der Waals surface area (Å²) in [6, 6.07) is 0. The van der Waals surface area contributed by atoms with E-state index in [1.54, 1.807) is 11.1 Å². The Balaban J connectivity index is 0.000000541. The quantitative estimate of drug-likeness (QED) is 0.738. The summed E-state index contributed by atoms with van der Waals surface area (Å²) >= 11 is 0. The van der Waals surface area contributed by atoms with E-state index in [1.165, 1.54) is 89.9 Å². The number of rotatable bonds is 1. The van der Waals surface area contributed by atoms with E-state index in [9.17, 15) is 0 Å². The molecule has 0 unspecified atom stereocenters. The van der Waals surface area contributed by atoms with Crippen LogP contribution in [0.5, 0.6) is 0 Å². The number of hydrogen-bond donors (Lipinski definition) is 0. The van der Waals surface area contributed by atoms with E-state index in [0.29, 0.717) is 0 Å². The minimum Gasteiger partial charge on any atom is -0.652 e. The van der Waals surface area contributed by atoms with Gasteiger partial charge in [-0.05, 0) is 68.7 Å². The van der Waals surface area contributed by atoms with Crippen molar-refractivity contribution < 1.29 is 15.0 Å². The summed E-state index contributed by atoms with van der Waals surface area (Å²) in [6.45, 7) is 0. The lowest BCUT2D eigenvalue weighted by atomic mass is 9.94. The molecule has 0 radical (unpaired) electrons. The highest BCUT2D eigenvalue weighted by Gasteiger charge is 2.08. The molecular formula is C19H30O3-2. The second-order valence-electron chi connectivity index (χ2n) is 6.32. The topological polar surface area (TPSA) is 63.2 Å². The summed E-state index contributed by atoms with van der Waals surface area (Å²) in [7, 11) is 0. The average molecular weight is 306 g/mol. The van der Waals surface area contributed by atoms with Crippen LogP contribution in [-0.2, 0) is 0 Å². The fourth-order valence-electron chi connectivity index (χ4n) is 3.32. The highest BCUT2D eigenvalue weighted by Crippen LogP contribution is 2.28. The molecule has 0 bridgehead atoms. The van der Waals surface area contributed by atoms with Crippen LogP contribution < -0.4 is 10.2 Å². The van der Waals surface area contributed by atoms with Gasteiger partial charge in [-0.1, -0.05) is 50.7 Å². The first-order valence-electron chi connectivity index (χ1n) is 8.96. The van der Waals surface area contributed by atoms with Crippen molar-refractivity contribution in [3.05, 3.63) is 23.3 Å². The fourth-order valence-corrected chi connectivity index (χ4v) is 3.32. The average Bonchev–Trinajstić information content (AvgIpc) is 2.69. The molecule has 3 nitrogen and oxygen atoms in total. The van der Waals surface area contributed by atoms with Gasteiger partial charge in [0.05, 0.1) is 0 Å². The smallest absolute Gasteiger partial charge is 0.0279 e. The molecule has 0 heterocycles. The molecule has 0 aromatic heterocycles. The predicted octanol–water partition coefficient (Wildman–Crippen LogP) is 3.88. The standard InChI is InChI=1S/C18H30.CH2O3/c1-2-6-10-14-17(13-9-5-1)18-15-11-7-3-4-8-12-16-18;2-1(3)4/h13,15H,1-12,14,16H2;(H2,2,3,4)/p-2/b17-13+,18-15+;. The molecule has 0 aromatic rings. The number of allylic oxidation sites excluding steroid dienone is 4. The van der Waals surface area contributed by atoms with Crippen LogP contribution in [0.15, 0.2) is 23.3 Å². The van der Waals surface area contributed by atoms with Gasteiger partial charge in [-0.3, -0.25) is 0 Å². The fraction of sp³-hybridized carbons (Fsp3) is 0.737. The first-order chi connectivity index (χ1) is 10.7. The number of carbonyl (C=O) groups is 1. The van der Waals surface area contributed by atoms with Gasteiger partial charge in [0.1, 0.15) is 0 Å². The Bertz CT molecular complexity index is 335. The zero-order valence-corrected chi connectivity index (χ0v) is 13.8. The zero-order chi connectivity index (χ0) is 16.0. The van der Waals surface area contributed by atoms with Crippen molar-refractivity contribution in [2.75, 3.05) is 0 Å². The second kappa shape index (κ2) is 12.3. The maximum absolute atomic E-state index is 8.33. The van der Waals surface area contributed by atoms with Crippen molar-refractivity contribution >= 4 is 6.16 Å². The van der Waals surface area contributed by atoms with E-state index < -0.39 is 6.16 Å². The molecule has 0 spiro atoms. The summed E-state index contributed by atoms with van der Waals surface area (Å²) in [5.74, 6) is 0. The van der Waals surface area contributed by atoms with Gasteiger partial charge in [-0.2, -0.15) is 0 Å². The molecule has 22 heavy (non-hydrogen) atoms. The molecule has 0 atom stereocenters. The normalized spacial score (nSPS) is 25.8. The molecule has 0 aromatic carbocycles. The molecule has 2 aliphatic rings. The molecule has 0 saturated heterocycles. The summed E-state index contributed by atoms with van der Waals surface area (Å²) in [5.41, 5.74) is 3.44. The minimum absolute atomic E-state index is 1.33. The lowest BCUT2D eigenvalue weighted by Crippen LogP contribution is -2.37. The molecule has 2 aliphatic carbocycles. The SMILES string of the molecule is C1=C(/C2=C/CCCCCCC2)CCCCCCC/1.O=C([O-])[O-]. The predicted molar refractivity (Wildman–Crippen MR) is 86.2 cm³/mol. The van der Waals surface area contributed by atoms with Gasteiger partial charge in [-0.15, -0.1) is 0 Å². The summed E-state index contributed by atoms with van der Waals surface area (Å²) in [5, 5.41) is 16.7. The summed E-state index contributed by atoms with van der Waals surface area (Å²) in [4.78, 5) is 8.33. The highest BCUT2D eigenvalue weighted by atomic mass is 16.6. The summed E-state index contributed by atoms with van der Waals surface area (Å²) < 4.78 is 0. The Morgan fingerprint density at radius 2 is 0.955 bits per heavy atom. The van der Waals surface area contributed by atoms with Gasteiger partial charge in [0.15, 0.2) is 0 Å². The van der Waals surface area contributed by atoms with Gasteiger partial charge >= 0.3 is 0 Å². The van der Waals surface area contributed by atoms with Crippen LogP contribution in [0.2, 0.25) is 0 Å². The van der Waals surface area contributed by atoms with Crippen LogP contribution in [0.1, 0.15) is 89.9 Å². The van der Waals surface area contributed by atoms with E-state index in [-0.39, 0.29) is 0 Å². The molecule has 2 rings (SSSR count). The van der Waals surface area contributed by atoms with Crippen molar-refractivity contribution in [1.82, 2.24) is 0 Å². The van der Waals surface area contributed by atoms with Crippen molar-refractivity contribution in [1.29, 1.82) is 0 Å². The van der Waals surface area contributed by atoms with Gasteiger partial charge < -0.3 is 15.0 Å². The number of carbonyl (C=O) groups excluding carboxylic acids is 1. The van der Waals surface area contributed by atoms with Crippen LogP contribution in [0.25, 0.3) is 0 Å². The first-order valence-corrected chi connectivity index (χ1v) is 8.96. The lowest BCUT2D eigenvalue weighted by molar-refractivity contribution is -0.415. The van der Waals surface area contributed by atoms with E-state index in [0.717, 1.165) is 0 Å². The molecule has 3 heteroatoms. The molecule has 0 aliphatic heterocycles. The minimum atomic E-state index is -2.33. The van der Waals surface area contributed by atoms with E-state index in [1.807, 2.05) is 0 Å². The Hall–Kier alpha value is -1.25. The number of hydrogen-bond acceptors (Lipinski definition) is 3. The molecule has 0 amide bonds. The van der Waals surface area contributed by atoms with E-state index in [2.05, 4.69) is 12.2 Å². The maximum Gasteiger partial charge on any atom is -0.0279 e. The maximum atomic E-state index is 8.33. The third-order valence-corrected chi connectivity index (χ3v) is 4.49. The zero-order valence-electron chi connectivity index (χ0n) is 13.8. The number of carboxylic acid groups (broad SMARTS) is 2. The van der Waals surface area contributed by atoms with Gasteiger partial charge in [0.25, 0.3) is 0 Å². The van der Waals surface area contributed by atoms with E-state index in [4.69, 9.17) is 15.0 Å². The lowest BCUT2D eigenvalue weighted by Gasteiger charge is -2.12. The largest absolute Gasteiger partial charge is 0.652 e. The van der Waals surface area contributed by atoms with Crippen LogP contribution in [0.4, 0.5) is 4.79 Å². The Kier molecular flexibility index (Phi) is 10.5. The van der Waals surface area contributed by atoms with Gasteiger partial charge in [0, 0.05) is 0 Å². The Labute approximate surface area is 135 Å². The van der Waals surface area contributed by atoms with Crippen LogP contribution >= 0.6 is 0 Å². The van der Waals surface area contributed by atoms with Crippen LogP contribution in [-0.4, -0.2) is 6.16 Å². The molecule has 0 saturated carbocycles. The van der Waals surface area contributed by atoms with Gasteiger partial charge in [0.2, 0.25) is 0 Å².